The highest BCUT2D eigenvalue weighted by Gasteiger charge is 2.35. The summed E-state index contributed by atoms with van der Waals surface area (Å²) in [5.41, 5.74) is 12.7. The molecule has 0 bridgehead atoms. The molecular formula is C58H35N3OS. The van der Waals surface area contributed by atoms with Crippen molar-refractivity contribution >= 4 is 77.2 Å². The third-order valence-corrected chi connectivity index (χ3v) is 14.0. The maximum Gasteiger partial charge on any atom is 0.164 e. The molecule has 0 amide bonds. The average molecular weight is 822 g/mol. The smallest absolute Gasteiger partial charge is 0.164 e. The first-order valence-electron chi connectivity index (χ1n) is 21.2. The van der Waals surface area contributed by atoms with Gasteiger partial charge in [0, 0.05) is 37.9 Å². The van der Waals surface area contributed by atoms with Gasteiger partial charge in [0.25, 0.3) is 0 Å². The average Bonchev–Trinajstić information content (AvgIpc) is 3.91. The van der Waals surface area contributed by atoms with Crippen molar-refractivity contribution in [3.8, 4) is 45.3 Å². The van der Waals surface area contributed by atoms with E-state index in [2.05, 4.69) is 164 Å². The summed E-state index contributed by atoms with van der Waals surface area (Å²) in [5, 5.41) is 9.23. The summed E-state index contributed by atoms with van der Waals surface area (Å²) in [6.07, 6.45) is 4.68. The zero-order valence-corrected chi connectivity index (χ0v) is 34.7. The van der Waals surface area contributed by atoms with Crippen LogP contribution in [0.15, 0.2) is 216 Å². The molecule has 3 heterocycles. The van der Waals surface area contributed by atoms with E-state index in [1.54, 1.807) is 0 Å². The van der Waals surface area contributed by atoms with E-state index in [-0.39, 0.29) is 5.25 Å². The van der Waals surface area contributed by atoms with E-state index >= 15 is 0 Å². The molecule has 0 N–H and O–H groups in total. The zero-order chi connectivity index (χ0) is 41.6. The molecular weight excluding hydrogens is 787 g/mol. The lowest BCUT2D eigenvalue weighted by atomic mass is 9.84. The van der Waals surface area contributed by atoms with Gasteiger partial charge in [-0.25, -0.2) is 15.0 Å². The Morgan fingerprint density at radius 1 is 0.429 bits per heavy atom. The quantitative estimate of drug-likeness (QED) is 0.173. The zero-order valence-electron chi connectivity index (χ0n) is 33.9. The molecule has 0 spiro atoms. The number of thioether (sulfide) groups is 1. The molecule has 1 aliphatic carbocycles. The van der Waals surface area contributed by atoms with E-state index in [4.69, 9.17) is 25.9 Å². The van der Waals surface area contributed by atoms with Gasteiger partial charge in [-0.05, 0) is 114 Å². The number of allylic oxidation sites excluding steroid dienone is 3. The van der Waals surface area contributed by atoms with Crippen molar-refractivity contribution in [1.82, 2.24) is 15.0 Å². The number of fused-ring (bicyclic) bond motifs is 9. The van der Waals surface area contributed by atoms with Gasteiger partial charge >= 0.3 is 0 Å². The highest BCUT2D eigenvalue weighted by molar-refractivity contribution is 8.01. The van der Waals surface area contributed by atoms with Crippen LogP contribution < -0.4 is 0 Å². The fourth-order valence-electron chi connectivity index (χ4n) is 9.61. The van der Waals surface area contributed by atoms with Crippen LogP contribution in [0, 0.1) is 0 Å². The van der Waals surface area contributed by atoms with Gasteiger partial charge < -0.3 is 4.42 Å². The lowest BCUT2D eigenvalue weighted by molar-refractivity contribution is 0.669. The molecule has 1 atom stereocenters. The monoisotopic (exact) mass is 821 g/mol. The number of hydrogen-bond donors (Lipinski definition) is 0. The van der Waals surface area contributed by atoms with Crippen molar-refractivity contribution in [2.24, 2.45) is 0 Å². The fourth-order valence-corrected chi connectivity index (χ4v) is 10.9. The van der Waals surface area contributed by atoms with Gasteiger partial charge in [-0.1, -0.05) is 152 Å². The van der Waals surface area contributed by atoms with Crippen LogP contribution in [0.3, 0.4) is 0 Å². The minimum absolute atomic E-state index is 0.0531. The van der Waals surface area contributed by atoms with Gasteiger partial charge in [0.2, 0.25) is 0 Å². The molecule has 0 radical (unpaired) electrons. The van der Waals surface area contributed by atoms with Crippen molar-refractivity contribution in [2.75, 3.05) is 0 Å². The predicted molar refractivity (Wildman–Crippen MR) is 263 cm³/mol. The second-order valence-corrected chi connectivity index (χ2v) is 17.6. The maximum atomic E-state index is 6.45. The molecule has 0 fully saturated rings. The van der Waals surface area contributed by atoms with Crippen LogP contribution in [-0.2, 0) is 0 Å². The molecule has 13 rings (SSSR count). The topological polar surface area (TPSA) is 51.8 Å². The predicted octanol–water partition coefficient (Wildman–Crippen LogP) is 15.4. The van der Waals surface area contributed by atoms with Crippen LogP contribution in [0.4, 0.5) is 0 Å². The first-order chi connectivity index (χ1) is 31.1. The number of furan rings is 1. The number of rotatable bonds is 5. The van der Waals surface area contributed by atoms with E-state index in [1.165, 1.54) is 21.2 Å². The maximum absolute atomic E-state index is 6.45. The second-order valence-electron chi connectivity index (χ2n) is 16.4. The lowest BCUT2D eigenvalue weighted by Gasteiger charge is -2.22. The molecule has 1 unspecified atom stereocenters. The third kappa shape index (κ3) is 5.89. The minimum Gasteiger partial charge on any atom is -0.456 e. The molecule has 1 aliphatic heterocycles. The molecule has 2 aromatic heterocycles. The summed E-state index contributed by atoms with van der Waals surface area (Å²) in [4.78, 5) is 16.9. The second kappa shape index (κ2) is 14.1. The number of aromatic nitrogens is 3. The van der Waals surface area contributed by atoms with E-state index in [0.717, 1.165) is 93.6 Å². The first kappa shape index (κ1) is 35.9. The number of nitrogens with zero attached hydrogens (tertiary/aromatic N) is 3. The van der Waals surface area contributed by atoms with Crippen LogP contribution in [0.5, 0.6) is 0 Å². The van der Waals surface area contributed by atoms with Crippen molar-refractivity contribution in [2.45, 2.75) is 10.1 Å². The summed E-state index contributed by atoms with van der Waals surface area (Å²) in [6, 6.07) is 64.3. The van der Waals surface area contributed by atoms with E-state index in [9.17, 15) is 0 Å². The molecule has 4 nitrogen and oxygen atoms in total. The van der Waals surface area contributed by atoms with Crippen LogP contribution in [0.2, 0.25) is 0 Å². The van der Waals surface area contributed by atoms with Gasteiger partial charge in [0.05, 0.1) is 5.25 Å². The molecule has 0 saturated heterocycles. The van der Waals surface area contributed by atoms with Crippen molar-refractivity contribution in [3.63, 3.8) is 0 Å². The van der Waals surface area contributed by atoms with Gasteiger partial charge in [-0.3, -0.25) is 0 Å². The Morgan fingerprint density at radius 2 is 1.13 bits per heavy atom. The van der Waals surface area contributed by atoms with Crippen LogP contribution >= 0.6 is 11.8 Å². The summed E-state index contributed by atoms with van der Waals surface area (Å²) in [7, 11) is 0. The van der Waals surface area contributed by atoms with Gasteiger partial charge in [0.1, 0.15) is 11.2 Å². The molecule has 9 aromatic carbocycles. The Labute approximate surface area is 367 Å². The first-order valence-corrected chi connectivity index (χ1v) is 22.1. The Bertz CT molecular complexity index is 3800. The molecule has 294 valence electrons. The lowest BCUT2D eigenvalue weighted by Crippen LogP contribution is -2.08. The summed E-state index contributed by atoms with van der Waals surface area (Å²) >= 11 is 1.85. The minimum atomic E-state index is 0.0531. The fraction of sp³-hybridized carbons (Fsp3) is 0.0172. The molecule has 2 aliphatic rings. The largest absolute Gasteiger partial charge is 0.456 e. The summed E-state index contributed by atoms with van der Waals surface area (Å²) in [6.45, 7) is 4.74. The molecule has 0 saturated carbocycles. The van der Waals surface area contributed by atoms with Crippen molar-refractivity contribution < 1.29 is 4.42 Å². The van der Waals surface area contributed by atoms with Crippen LogP contribution in [-0.4, -0.2) is 20.2 Å². The van der Waals surface area contributed by atoms with Gasteiger partial charge in [-0.15, -0.1) is 11.8 Å². The SMILES string of the molecule is C=C1C=C(c2cc(-c3ccc4ccccc4c3)cc3cc4oc5ccccc5c4cc23)C=C2c3c(cccc3-c3nc(-c4ccccc4)nc(-c4cccc5ccccc45)n3)SC12. The molecule has 63 heavy (non-hydrogen) atoms. The molecule has 5 heteroatoms. The standard InChI is InChI=1S/C58H35N3OS/c1-34-27-41(47-30-40(39-26-25-35-13-5-6-17-38(35)28-39)29-42-32-52-49(33-48(42)47)44-20-9-10-23-51(44)62-52)31-50-54-46(22-12-24-53(54)63-55(34)50)58-60-56(37-15-3-2-4-16-37)59-57(61-58)45-21-11-18-36-14-7-8-19-43(36)45/h2-33,55H,1H2. The summed E-state index contributed by atoms with van der Waals surface area (Å²) in [5.74, 6) is 1.93. The van der Waals surface area contributed by atoms with Crippen LogP contribution in [0.1, 0.15) is 11.1 Å². The number of para-hydroxylation sites is 1. The van der Waals surface area contributed by atoms with Crippen molar-refractivity contribution in [1.29, 1.82) is 0 Å². The Kier molecular flexibility index (Phi) is 8.02. The van der Waals surface area contributed by atoms with Gasteiger partial charge in [-0.2, -0.15) is 0 Å². The normalized spacial score (nSPS) is 14.7. The van der Waals surface area contributed by atoms with E-state index in [0.29, 0.717) is 17.5 Å². The Hall–Kier alpha value is -7.86. The van der Waals surface area contributed by atoms with Crippen LogP contribution in [0.25, 0.3) is 111 Å². The third-order valence-electron chi connectivity index (χ3n) is 12.6. The highest BCUT2D eigenvalue weighted by atomic mass is 32.2. The van der Waals surface area contributed by atoms with E-state index in [1.807, 2.05) is 42.1 Å². The highest BCUT2D eigenvalue weighted by Crippen LogP contribution is 2.54. The number of benzene rings is 9. The Morgan fingerprint density at radius 3 is 2.02 bits per heavy atom. The van der Waals surface area contributed by atoms with Gasteiger partial charge in [0.15, 0.2) is 17.5 Å². The van der Waals surface area contributed by atoms with E-state index < -0.39 is 0 Å². The van der Waals surface area contributed by atoms with Crippen molar-refractivity contribution in [3.05, 3.63) is 217 Å². The summed E-state index contributed by atoms with van der Waals surface area (Å²) < 4.78 is 6.45. The number of hydrogen-bond acceptors (Lipinski definition) is 5. The molecule has 11 aromatic rings. The Balaban J connectivity index is 1.02.